The highest BCUT2D eigenvalue weighted by Gasteiger charge is 2.14. The molecule has 0 aromatic heterocycles. The van der Waals surface area contributed by atoms with Crippen LogP contribution in [0.4, 0.5) is 5.69 Å². The van der Waals surface area contributed by atoms with Gasteiger partial charge in [0.1, 0.15) is 6.61 Å². The summed E-state index contributed by atoms with van der Waals surface area (Å²) in [5.74, 6) is 1.38. The number of ether oxygens (including phenoxy) is 2. The van der Waals surface area contributed by atoms with E-state index in [1.807, 2.05) is 18.2 Å². The molecule has 0 amide bonds. The smallest absolute Gasteiger partial charge is 0.165 e. The summed E-state index contributed by atoms with van der Waals surface area (Å²) in [5, 5.41) is 4.62. The van der Waals surface area contributed by atoms with Gasteiger partial charge in [-0.1, -0.05) is 53.0 Å². The van der Waals surface area contributed by atoms with E-state index in [0.29, 0.717) is 41.1 Å². The van der Waals surface area contributed by atoms with E-state index in [1.165, 1.54) is 5.56 Å². The van der Waals surface area contributed by atoms with Crippen LogP contribution >= 0.6 is 23.2 Å². The first-order chi connectivity index (χ1) is 14.5. The van der Waals surface area contributed by atoms with Gasteiger partial charge in [0.25, 0.3) is 0 Å². The zero-order valence-corrected chi connectivity index (χ0v) is 18.7. The van der Waals surface area contributed by atoms with E-state index in [1.54, 1.807) is 19.2 Å². The van der Waals surface area contributed by atoms with Gasteiger partial charge in [-0.25, -0.2) is 0 Å². The van der Waals surface area contributed by atoms with Crippen LogP contribution in [0.15, 0.2) is 67.3 Å². The van der Waals surface area contributed by atoms with Gasteiger partial charge in [-0.2, -0.15) is 0 Å². The van der Waals surface area contributed by atoms with Crippen LogP contribution in [-0.2, 0) is 19.6 Å². The first-order valence-corrected chi connectivity index (χ1v) is 10.4. The fourth-order valence-corrected chi connectivity index (χ4v) is 3.58. The molecule has 0 saturated heterocycles. The Bertz CT molecular complexity index is 1020. The lowest BCUT2D eigenvalue weighted by atomic mass is 10.0. The van der Waals surface area contributed by atoms with Crippen LogP contribution in [0.5, 0.6) is 11.5 Å². The highest BCUT2D eigenvalue weighted by Crippen LogP contribution is 2.35. The van der Waals surface area contributed by atoms with Crippen LogP contribution in [0.3, 0.4) is 0 Å². The molecule has 30 heavy (non-hydrogen) atoms. The third kappa shape index (κ3) is 5.71. The lowest BCUT2D eigenvalue weighted by Gasteiger charge is -2.17. The number of hydrogen-bond acceptors (Lipinski definition) is 3. The molecule has 156 valence electrons. The Morgan fingerprint density at radius 3 is 2.43 bits per heavy atom. The van der Waals surface area contributed by atoms with Gasteiger partial charge in [0.15, 0.2) is 11.5 Å². The summed E-state index contributed by atoms with van der Waals surface area (Å²) >= 11 is 12.3. The van der Waals surface area contributed by atoms with E-state index in [4.69, 9.17) is 32.7 Å². The fraction of sp³-hybridized carbons (Fsp3) is 0.200. The number of halogens is 2. The number of methoxy groups -OCH3 is 1. The molecule has 0 unspecified atom stereocenters. The molecule has 3 aromatic rings. The molecule has 0 radical (unpaired) electrons. The molecule has 0 heterocycles. The second-order valence-corrected chi connectivity index (χ2v) is 7.87. The van der Waals surface area contributed by atoms with Crippen molar-refractivity contribution in [3.05, 3.63) is 99.6 Å². The molecule has 3 nitrogen and oxygen atoms in total. The second kappa shape index (κ2) is 10.4. The summed E-state index contributed by atoms with van der Waals surface area (Å²) in [7, 11) is 1.65. The third-order valence-corrected chi connectivity index (χ3v) is 5.30. The predicted octanol–water partition coefficient (Wildman–Crippen LogP) is 7.23. The lowest BCUT2D eigenvalue weighted by Crippen LogP contribution is -2.05. The van der Waals surface area contributed by atoms with E-state index in [0.717, 1.165) is 22.4 Å². The van der Waals surface area contributed by atoms with E-state index in [2.05, 4.69) is 49.2 Å². The maximum atomic E-state index is 6.28. The van der Waals surface area contributed by atoms with Crippen LogP contribution in [0.25, 0.3) is 0 Å². The van der Waals surface area contributed by atoms with Crippen molar-refractivity contribution in [2.24, 2.45) is 0 Å². The van der Waals surface area contributed by atoms with Crippen molar-refractivity contribution in [3.63, 3.8) is 0 Å². The quantitative estimate of drug-likeness (QED) is 0.355. The van der Waals surface area contributed by atoms with Gasteiger partial charge in [0, 0.05) is 33.4 Å². The maximum absolute atomic E-state index is 6.28. The number of anilines is 1. The van der Waals surface area contributed by atoms with Crippen LogP contribution in [-0.4, -0.2) is 7.11 Å². The third-order valence-electron chi connectivity index (χ3n) is 4.71. The van der Waals surface area contributed by atoms with Gasteiger partial charge >= 0.3 is 0 Å². The summed E-state index contributed by atoms with van der Waals surface area (Å²) in [5.41, 5.74) is 5.27. The number of nitrogens with one attached hydrogen (secondary N) is 1. The minimum Gasteiger partial charge on any atom is -0.493 e. The molecule has 0 aliphatic rings. The zero-order chi connectivity index (χ0) is 21.5. The largest absolute Gasteiger partial charge is 0.493 e. The Morgan fingerprint density at radius 2 is 1.77 bits per heavy atom. The minimum atomic E-state index is 0.317. The van der Waals surface area contributed by atoms with Gasteiger partial charge in [-0.3, -0.25) is 0 Å². The SMILES string of the molecule is C=CCc1cc(CNc2ccc(C)cc2)cc(OC)c1OCc1ccc(Cl)cc1Cl. The Kier molecular flexibility index (Phi) is 7.67. The van der Waals surface area contributed by atoms with E-state index < -0.39 is 0 Å². The van der Waals surface area contributed by atoms with Crippen LogP contribution < -0.4 is 14.8 Å². The molecular weight excluding hydrogens is 417 g/mol. The number of benzene rings is 3. The topological polar surface area (TPSA) is 30.5 Å². The highest BCUT2D eigenvalue weighted by molar-refractivity contribution is 6.35. The summed E-state index contributed by atoms with van der Waals surface area (Å²) in [6.07, 6.45) is 2.52. The molecule has 0 spiro atoms. The van der Waals surface area contributed by atoms with Crippen LogP contribution in [0.2, 0.25) is 10.0 Å². The molecule has 5 heteroatoms. The number of rotatable bonds is 9. The molecule has 0 saturated carbocycles. The average molecular weight is 442 g/mol. The molecule has 0 bridgehead atoms. The van der Waals surface area contributed by atoms with Gasteiger partial charge in [0.05, 0.1) is 7.11 Å². The van der Waals surface area contributed by atoms with E-state index in [-0.39, 0.29) is 0 Å². The average Bonchev–Trinajstić information content (AvgIpc) is 2.73. The molecule has 0 aliphatic carbocycles. The molecule has 3 rings (SSSR count). The van der Waals surface area contributed by atoms with Gasteiger partial charge < -0.3 is 14.8 Å². The van der Waals surface area contributed by atoms with Crippen molar-refractivity contribution in [2.45, 2.75) is 26.5 Å². The molecule has 0 fully saturated rings. The zero-order valence-electron chi connectivity index (χ0n) is 17.2. The summed E-state index contributed by atoms with van der Waals surface area (Å²) < 4.78 is 11.8. The molecule has 0 aliphatic heterocycles. The Balaban J connectivity index is 1.81. The second-order valence-electron chi connectivity index (χ2n) is 7.02. The number of hydrogen-bond donors (Lipinski definition) is 1. The van der Waals surface area contributed by atoms with Gasteiger partial charge in [-0.15, -0.1) is 6.58 Å². The molecule has 0 atom stereocenters. The monoisotopic (exact) mass is 441 g/mol. The lowest BCUT2D eigenvalue weighted by molar-refractivity contribution is 0.282. The van der Waals surface area contributed by atoms with Crippen LogP contribution in [0.1, 0.15) is 22.3 Å². The maximum Gasteiger partial charge on any atom is 0.165 e. The van der Waals surface area contributed by atoms with Crippen molar-refractivity contribution in [1.82, 2.24) is 0 Å². The molecular formula is C25H25Cl2NO2. The summed E-state index contributed by atoms with van der Waals surface area (Å²) in [6, 6.07) is 17.8. The fourth-order valence-electron chi connectivity index (χ4n) is 3.11. The van der Waals surface area contributed by atoms with Crippen molar-refractivity contribution in [2.75, 3.05) is 12.4 Å². The van der Waals surface area contributed by atoms with Crippen molar-refractivity contribution < 1.29 is 9.47 Å². The first kappa shape index (κ1) is 22.1. The highest BCUT2D eigenvalue weighted by atomic mass is 35.5. The van der Waals surface area contributed by atoms with Gasteiger partial charge in [0.2, 0.25) is 0 Å². The Hall–Kier alpha value is -2.62. The standard InChI is InChI=1S/C25H25Cl2NO2/c1-4-5-19-12-18(15-28-22-10-6-17(2)7-11-22)13-24(29-3)25(19)30-16-20-8-9-21(26)14-23(20)27/h4,6-14,28H,1,5,15-16H2,2-3H3. The molecule has 3 aromatic carbocycles. The van der Waals surface area contributed by atoms with Crippen molar-refractivity contribution in [1.29, 1.82) is 0 Å². The minimum absolute atomic E-state index is 0.317. The normalized spacial score (nSPS) is 10.5. The Morgan fingerprint density at radius 1 is 1.00 bits per heavy atom. The number of aryl methyl sites for hydroxylation is 1. The number of allylic oxidation sites excluding steroid dienone is 1. The van der Waals surface area contributed by atoms with Crippen molar-refractivity contribution in [3.8, 4) is 11.5 Å². The summed E-state index contributed by atoms with van der Waals surface area (Å²) in [6.45, 7) is 6.94. The van der Waals surface area contributed by atoms with E-state index in [9.17, 15) is 0 Å². The van der Waals surface area contributed by atoms with Crippen LogP contribution in [0, 0.1) is 6.92 Å². The summed E-state index contributed by atoms with van der Waals surface area (Å²) in [4.78, 5) is 0. The first-order valence-electron chi connectivity index (χ1n) is 9.68. The van der Waals surface area contributed by atoms with E-state index >= 15 is 0 Å². The van der Waals surface area contributed by atoms with Crippen molar-refractivity contribution >= 4 is 28.9 Å². The Labute approximate surface area is 188 Å². The van der Waals surface area contributed by atoms with Gasteiger partial charge in [-0.05, 0) is 55.3 Å². The predicted molar refractivity (Wildman–Crippen MR) is 126 cm³/mol. The molecule has 1 N–H and O–H groups in total.